The van der Waals surface area contributed by atoms with E-state index in [0.717, 1.165) is 4.31 Å². The number of anilines is 1. The van der Waals surface area contributed by atoms with Crippen LogP contribution in [0.3, 0.4) is 0 Å². The molecule has 7 heteroatoms. The Hall–Kier alpha value is -1.60. The molecule has 1 rings (SSSR count). The molecule has 0 aromatic heterocycles. The predicted octanol–water partition coefficient (Wildman–Crippen LogP) is 1.60. The van der Waals surface area contributed by atoms with E-state index in [1.54, 1.807) is 24.3 Å². The highest BCUT2D eigenvalue weighted by Gasteiger charge is 2.20. The molecule has 0 atom stereocenters. The number of para-hydroxylation sites is 1. The molecule has 0 aliphatic heterocycles. The zero-order valence-electron chi connectivity index (χ0n) is 11.7. The summed E-state index contributed by atoms with van der Waals surface area (Å²) in [5.41, 5.74) is 0.538. The summed E-state index contributed by atoms with van der Waals surface area (Å²) >= 11 is 0. The molecule has 1 aromatic carbocycles. The van der Waals surface area contributed by atoms with Crippen molar-refractivity contribution in [2.24, 2.45) is 0 Å². The molecule has 0 aliphatic carbocycles. The van der Waals surface area contributed by atoms with E-state index >= 15 is 0 Å². The Kier molecular flexibility index (Phi) is 5.97. The molecular weight excluding hydrogens is 280 g/mol. The van der Waals surface area contributed by atoms with Gasteiger partial charge < -0.3 is 10.4 Å². The summed E-state index contributed by atoms with van der Waals surface area (Å²) in [6.07, 6.45) is 1.35. The summed E-state index contributed by atoms with van der Waals surface area (Å²) in [7, 11) is -0.517. The van der Waals surface area contributed by atoms with Crippen LogP contribution in [0.1, 0.15) is 19.3 Å². The lowest BCUT2D eigenvalue weighted by Gasteiger charge is -2.16. The van der Waals surface area contributed by atoms with Crippen LogP contribution in [0.15, 0.2) is 29.2 Å². The third kappa shape index (κ3) is 4.50. The quantitative estimate of drug-likeness (QED) is 0.712. The fraction of sp³-hybridized carbons (Fsp3) is 0.462. The number of rotatable bonds is 8. The predicted molar refractivity (Wildman–Crippen MR) is 77.3 cm³/mol. The number of carboxylic acid groups (broad SMARTS) is 1. The number of hydrogen-bond acceptors (Lipinski definition) is 4. The number of carbonyl (C=O) groups is 1. The highest BCUT2D eigenvalue weighted by Crippen LogP contribution is 2.23. The number of carboxylic acids is 1. The Labute approximate surface area is 119 Å². The fourth-order valence-corrected chi connectivity index (χ4v) is 2.72. The molecule has 0 spiro atoms. The van der Waals surface area contributed by atoms with Crippen molar-refractivity contribution in [1.82, 2.24) is 4.31 Å². The molecule has 1 aromatic rings. The second-order valence-electron chi connectivity index (χ2n) is 4.56. The molecule has 0 saturated carbocycles. The van der Waals surface area contributed by atoms with Crippen molar-refractivity contribution in [3.05, 3.63) is 24.3 Å². The number of nitrogens with zero attached hydrogens (tertiary/aromatic N) is 1. The fourth-order valence-electron chi connectivity index (χ4n) is 1.66. The Morgan fingerprint density at radius 1 is 1.25 bits per heavy atom. The van der Waals surface area contributed by atoms with Crippen molar-refractivity contribution in [2.45, 2.75) is 24.2 Å². The topological polar surface area (TPSA) is 86.7 Å². The van der Waals surface area contributed by atoms with E-state index in [4.69, 9.17) is 5.11 Å². The first kappa shape index (κ1) is 16.5. The first-order valence-corrected chi connectivity index (χ1v) is 7.77. The lowest BCUT2D eigenvalue weighted by atomic mass is 10.2. The molecule has 6 nitrogen and oxygen atoms in total. The van der Waals surface area contributed by atoms with Gasteiger partial charge in [-0.25, -0.2) is 12.7 Å². The molecule has 0 fully saturated rings. The first-order chi connectivity index (χ1) is 9.35. The highest BCUT2D eigenvalue weighted by atomic mass is 32.2. The Morgan fingerprint density at radius 2 is 1.90 bits per heavy atom. The van der Waals surface area contributed by atoms with Gasteiger partial charge in [-0.15, -0.1) is 0 Å². The van der Waals surface area contributed by atoms with Gasteiger partial charge in [-0.3, -0.25) is 4.79 Å². The van der Waals surface area contributed by atoms with E-state index in [-0.39, 0.29) is 11.3 Å². The van der Waals surface area contributed by atoms with Gasteiger partial charge in [0, 0.05) is 27.1 Å². The molecule has 0 aliphatic rings. The molecule has 0 heterocycles. The van der Waals surface area contributed by atoms with Crippen molar-refractivity contribution < 1.29 is 18.3 Å². The second-order valence-corrected chi connectivity index (χ2v) is 6.68. The molecule has 112 valence electrons. The van der Waals surface area contributed by atoms with Gasteiger partial charge in [-0.05, 0) is 25.0 Å². The molecule has 0 unspecified atom stereocenters. The summed E-state index contributed by atoms with van der Waals surface area (Å²) < 4.78 is 25.4. The maximum absolute atomic E-state index is 12.1. The average Bonchev–Trinajstić information content (AvgIpc) is 2.38. The van der Waals surface area contributed by atoms with Crippen LogP contribution in [0.5, 0.6) is 0 Å². The van der Waals surface area contributed by atoms with Gasteiger partial charge in [0.2, 0.25) is 10.0 Å². The zero-order valence-corrected chi connectivity index (χ0v) is 12.5. The molecule has 20 heavy (non-hydrogen) atoms. The van der Waals surface area contributed by atoms with Crippen molar-refractivity contribution in [1.29, 1.82) is 0 Å². The van der Waals surface area contributed by atoms with Crippen LogP contribution in [-0.4, -0.2) is 44.4 Å². The highest BCUT2D eigenvalue weighted by molar-refractivity contribution is 7.89. The standard InChI is InChI=1S/C13H20N2O4S/c1-15(2)20(18,19)12-8-4-3-7-11(12)14-10-6-5-9-13(16)17/h3-4,7-8,14H,5-6,9-10H2,1-2H3,(H,16,17). The monoisotopic (exact) mass is 300 g/mol. The summed E-state index contributed by atoms with van der Waals surface area (Å²) in [4.78, 5) is 10.6. The number of sulfonamides is 1. The van der Waals surface area contributed by atoms with Gasteiger partial charge in [0.1, 0.15) is 4.90 Å². The molecule has 0 radical (unpaired) electrons. The van der Waals surface area contributed by atoms with Crippen LogP contribution in [0.2, 0.25) is 0 Å². The van der Waals surface area contributed by atoms with Crippen LogP contribution in [-0.2, 0) is 14.8 Å². The summed E-state index contributed by atoms with van der Waals surface area (Å²) in [6, 6.07) is 6.68. The van der Waals surface area contributed by atoms with Crippen LogP contribution in [0.25, 0.3) is 0 Å². The second kappa shape index (κ2) is 7.25. The number of nitrogens with one attached hydrogen (secondary N) is 1. The van der Waals surface area contributed by atoms with Gasteiger partial charge >= 0.3 is 5.97 Å². The van der Waals surface area contributed by atoms with E-state index < -0.39 is 16.0 Å². The van der Waals surface area contributed by atoms with Gasteiger partial charge in [0.25, 0.3) is 0 Å². The third-order valence-corrected chi connectivity index (χ3v) is 4.65. The number of aliphatic carboxylic acids is 1. The first-order valence-electron chi connectivity index (χ1n) is 6.33. The van der Waals surface area contributed by atoms with Gasteiger partial charge in [0.05, 0.1) is 5.69 Å². The smallest absolute Gasteiger partial charge is 0.303 e. The zero-order chi connectivity index (χ0) is 15.2. The van der Waals surface area contributed by atoms with Gasteiger partial charge in [-0.1, -0.05) is 12.1 Å². The number of hydrogen-bond donors (Lipinski definition) is 2. The Balaban J connectivity index is 2.70. The summed E-state index contributed by atoms with van der Waals surface area (Å²) in [6.45, 7) is 0.535. The van der Waals surface area contributed by atoms with Crippen molar-refractivity contribution >= 4 is 21.7 Å². The van der Waals surface area contributed by atoms with Crippen molar-refractivity contribution in [3.8, 4) is 0 Å². The lowest BCUT2D eigenvalue weighted by molar-refractivity contribution is -0.137. The van der Waals surface area contributed by atoms with Crippen molar-refractivity contribution in [2.75, 3.05) is 26.0 Å². The van der Waals surface area contributed by atoms with Crippen LogP contribution >= 0.6 is 0 Å². The molecule has 0 saturated heterocycles. The van der Waals surface area contributed by atoms with E-state index in [2.05, 4.69) is 5.32 Å². The van der Waals surface area contributed by atoms with Gasteiger partial charge in [-0.2, -0.15) is 0 Å². The van der Waals surface area contributed by atoms with Crippen molar-refractivity contribution in [3.63, 3.8) is 0 Å². The maximum atomic E-state index is 12.1. The van der Waals surface area contributed by atoms with Crippen LogP contribution in [0.4, 0.5) is 5.69 Å². The normalized spacial score (nSPS) is 11.6. The minimum atomic E-state index is -3.49. The molecule has 0 amide bonds. The largest absolute Gasteiger partial charge is 0.481 e. The van der Waals surface area contributed by atoms with E-state index in [1.165, 1.54) is 14.1 Å². The van der Waals surface area contributed by atoms with Crippen LogP contribution in [0, 0.1) is 0 Å². The average molecular weight is 300 g/mol. The van der Waals surface area contributed by atoms with E-state index in [9.17, 15) is 13.2 Å². The summed E-state index contributed by atoms with van der Waals surface area (Å²) in [5.74, 6) is -0.819. The Morgan fingerprint density at radius 3 is 2.50 bits per heavy atom. The number of benzene rings is 1. The lowest BCUT2D eigenvalue weighted by Crippen LogP contribution is -2.23. The SMILES string of the molecule is CN(C)S(=O)(=O)c1ccccc1NCCCCC(=O)O. The maximum Gasteiger partial charge on any atom is 0.303 e. The number of unbranched alkanes of at least 4 members (excludes halogenated alkanes) is 1. The minimum Gasteiger partial charge on any atom is -0.481 e. The molecule has 2 N–H and O–H groups in total. The van der Waals surface area contributed by atoms with Gasteiger partial charge in [0.15, 0.2) is 0 Å². The Bertz CT molecular complexity index is 555. The third-order valence-electron chi connectivity index (χ3n) is 2.78. The van der Waals surface area contributed by atoms with Crippen LogP contribution < -0.4 is 5.32 Å². The summed E-state index contributed by atoms with van der Waals surface area (Å²) in [5, 5.41) is 11.6. The minimum absolute atomic E-state index is 0.124. The molecular formula is C13H20N2O4S. The molecule has 0 bridgehead atoms. The van der Waals surface area contributed by atoms with E-state index in [1.807, 2.05) is 0 Å². The van der Waals surface area contributed by atoms with E-state index in [0.29, 0.717) is 25.1 Å².